The summed E-state index contributed by atoms with van der Waals surface area (Å²) in [5, 5.41) is 0. The molecule has 0 aromatic heterocycles. The Balaban J connectivity index is 1.53. The summed E-state index contributed by atoms with van der Waals surface area (Å²) in [6.45, 7) is 19.3. The quantitative estimate of drug-likeness (QED) is 0.343. The van der Waals surface area contributed by atoms with Crippen molar-refractivity contribution in [2.75, 3.05) is 0 Å². The Hall–Kier alpha value is 0.0938. The zero-order valence-corrected chi connectivity index (χ0v) is 22.4. The lowest BCUT2D eigenvalue weighted by Crippen LogP contribution is -2.54. The number of rotatable bonds is 4. The number of allylic oxidation sites excluding steroid dienone is 1. The molecule has 0 heterocycles. The van der Waals surface area contributed by atoms with Gasteiger partial charge in [-0.15, -0.1) is 0 Å². The van der Waals surface area contributed by atoms with E-state index in [1.165, 1.54) is 44.9 Å². The number of fused-ring (bicyclic) bond motifs is 5. The van der Waals surface area contributed by atoms with Gasteiger partial charge < -0.3 is 8.85 Å². The van der Waals surface area contributed by atoms with Crippen molar-refractivity contribution in [3.63, 3.8) is 0 Å². The fraction of sp³-hybridized carbons (Fsp3) is 0.920. The van der Waals surface area contributed by atoms with Crippen molar-refractivity contribution in [1.29, 1.82) is 0 Å². The summed E-state index contributed by atoms with van der Waals surface area (Å²) in [4.78, 5) is 0. The lowest BCUT2D eigenvalue weighted by molar-refractivity contribution is -0.0958. The molecule has 0 bridgehead atoms. The third-order valence-electron chi connectivity index (χ3n) is 9.06. The minimum Gasteiger partial charge on any atom is -0.414 e. The molecule has 0 saturated heterocycles. The van der Waals surface area contributed by atoms with E-state index in [-0.39, 0.29) is 0 Å². The highest BCUT2D eigenvalue weighted by molar-refractivity contribution is 6.70. The van der Waals surface area contributed by atoms with Gasteiger partial charge in [-0.25, -0.2) is 0 Å². The molecule has 4 rings (SSSR count). The molecule has 4 aliphatic carbocycles. The van der Waals surface area contributed by atoms with Crippen LogP contribution in [0.3, 0.4) is 0 Å². The summed E-state index contributed by atoms with van der Waals surface area (Å²) in [5.41, 5.74) is 0.813. The second-order valence-electron chi connectivity index (χ2n) is 13.2. The minimum absolute atomic E-state index is 0.367. The fourth-order valence-corrected chi connectivity index (χ4v) is 10.2. The summed E-state index contributed by atoms with van der Waals surface area (Å²) in [5.74, 6) is 3.47. The minimum atomic E-state index is -1.48. The highest BCUT2D eigenvalue weighted by Crippen LogP contribution is 2.65. The van der Waals surface area contributed by atoms with Gasteiger partial charge in [-0.2, -0.15) is 0 Å². The van der Waals surface area contributed by atoms with E-state index in [1.807, 2.05) is 0 Å². The Labute approximate surface area is 182 Å². The molecule has 0 amide bonds. The average molecular weight is 435 g/mol. The van der Waals surface area contributed by atoms with Crippen molar-refractivity contribution in [3.05, 3.63) is 12.2 Å². The molecule has 0 aliphatic heterocycles. The van der Waals surface area contributed by atoms with Gasteiger partial charge in [-0.1, -0.05) is 26.0 Å². The smallest absolute Gasteiger partial charge is 0.184 e. The molecule has 0 radical (unpaired) electrons. The maximum atomic E-state index is 6.76. The van der Waals surface area contributed by atoms with E-state index in [0.717, 1.165) is 23.7 Å². The monoisotopic (exact) mass is 434 g/mol. The summed E-state index contributed by atoms with van der Waals surface area (Å²) in [6.07, 6.45) is 15.5. The predicted molar refractivity (Wildman–Crippen MR) is 128 cm³/mol. The van der Waals surface area contributed by atoms with Crippen molar-refractivity contribution in [3.8, 4) is 0 Å². The zero-order chi connectivity index (χ0) is 21.2. The summed E-state index contributed by atoms with van der Waals surface area (Å²) < 4.78 is 13.2. The highest BCUT2D eigenvalue weighted by Gasteiger charge is 2.60. The molecule has 3 fully saturated rings. The van der Waals surface area contributed by atoms with E-state index in [4.69, 9.17) is 8.85 Å². The van der Waals surface area contributed by atoms with Gasteiger partial charge in [0, 0.05) is 0 Å². The molecule has 4 heteroatoms. The molecular formula is C25H46O2Si2. The van der Waals surface area contributed by atoms with Crippen molar-refractivity contribution in [2.45, 2.75) is 110 Å². The predicted octanol–water partition coefficient (Wildman–Crippen LogP) is 7.25. The normalized spacial score (nSPS) is 47.4. The van der Waals surface area contributed by atoms with E-state index < -0.39 is 16.6 Å². The maximum Gasteiger partial charge on any atom is 0.184 e. The van der Waals surface area contributed by atoms with E-state index in [2.05, 4.69) is 65.3 Å². The second-order valence-corrected chi connectivity index (χ2v) is 22.1. The first-order valence-corrected chi connectivity index (χ1v) is 19.2. The van der Waals surface area contributed by atoms with Crippen molar-refractivity contribution < 1.29 is 8.85 Å². The second kappa shape index (κ2) is 7.32. The first-order chi connectivity index (χ1) is 13.3. The standard InChI is InChI=1S/C25H46O2Si2/c1-24-15-13-19(26-28(3,4)5)17-18(24)9-10-20-21-11-12-23(27-29(6,7)8)25(21,2)16-14-22(20)24/h13,15,18-23H,9-12,14,16-17H2,1-8H3/t18-,19-,20?,21?,22?,23+,24-,25-/m0/s1. The average Bonchev–Trinajstić information content (AvgIpc) is 2.89. The maximum absolute atomic E-state index is 6.76. The SMILES string of the molecule is C[C@]12CCC3C(CC[C@H]4C[C@@H](O[Si](C)(C)C)C=C[C@]34C)C1CC[C@H]2O[Si](C)(C)C. The van der Waals surface area contributed by atoms with E-state index >= 15 is 0 Å². The van der Waals surface area contributed by atoms with Gasteiger partial charge in [0.2, 0.25) is 0 Å². The van der Waals surface area contributed by atoms with Crippen LogP contribution in [0.15, 0.2) is 12.2 Å². The summed E-state index contributed by atoms with van der Waals surface area (Å²) >= 11 is 0. The first kappa shape index (κ1) is 22.3. The first-order valence-electron chi connectivity index (χ1n) is 12.4. The van der Waals surface area contributed by atoms with Crippen LogP contribution in [0.5, 0.6) is 0 Å². The Morgan fingerprint density at radius 2 is 1.48 bits per heavy atom. The zero-order valence-electron chi connectivity index (χ0n) is 20.4. The van der Waals surface area contributed by atoms with Crippen LogP contribution < -0.4 is 0 Å². The lowest BCUT2D eigenvalue weighted by atomic mass is 9.46. The van der Waals surface area contributed by atoms with Crippen molar-refractivity contribution in [2.24, 2.45) is 34.5 Å². The van der Waals surface area contributed by atoms with Crippen molar-refractivity contribution in [1.82, 2.24) is 0 Å². The molecule has 0 aromatic rings. The fourth-order valence-electron chi connectivity index (χ4n) is 7.89. The molecule has 0 aromatic carbocycles. The molecule has 4 aliphatic rings. The summed E-state index contributed by atoms with van der Waals surface area (Å²) in [7, 11) is -2.96. The van der Waals surface area contributed by atoms with Crippen LogP contribution in [0.1, 0.15) is 58.8 Å². The largest absolute Gasteiger partial charge is 0.414 e. The van der Waals surface area contributed by atoms with Crippen LogP contribution in [0.25, 0.3) is 0 Å². The van der Waals surface area contributed by atoms with E-state index in [9.17, 15) is 0 Å². The topological polar surface area (TPSA) is 18.5 Å². The van der Waals surface area contributed by atoms with Crippen LogP contribution >= 0.6 is 0 Å². The molecular weight excluding hydrogens is 388 g/mol. The van der Waals surface area contributed by atoms with Crippen LogP contribution in [0, 0.1) is 34.5 Å². The Bertz CT molecular complexity index is 648. The van der Waals surface area contributed by atoms with Crippen LogP contribution in [-0.4, -0.2) is 28.8 Å². The number of hydrogen-bond donors (Lipinski definition) is 0. The van der Waals surface area contributed by atoms with Crippen LogP contribution in [0.4, 0.5) is 0 Å². The van der Waals surface area contributed by atoms with Gasteiger partial charge in [0.15, 0.2) is 16.6 Å². The molecule has 0 spiro atoms. The lowest BCUT2D eigenvalue weighted by Gasteiger charge is -2.59. The molecule has 2 nitrogen and oxygen atoms in total. The third kappa shape index (κ3) is 4.13. The molecule has 166 valence electrons. The van der Waals surface area contributed by atoms with E-state index in [0.29, 0.717) is 23.0 Å². The van der Waals surface area contributed by atoms with Gasteiger partial charge in [0.25, 0.3) is 0 Å². The third-order valence-corrected chi connectivity index (χ3v) is 11.1. The molecule has 3 unspecified atom stereocenters. The molecule has 0 N–H and O–H groups in total. The number of hydrogen-bond acceptors (Lipinski definition) is 2. The Morgan fingerprint density at radius 3 is 2.14 bits per heavy atom. The molecule has 29 heavy (non-hydrogen) atoms. The van der Waals surface area contributed by atoms with Crippen LogP contribution in [-0.2, 0) is 8.85 Å². The van der Waals surface area contributed by atoms with Gasteiger partial charge in [0.1, 0.15) is 0 Å². The Morgan fingerprint density at radius 1 is 0.793 bits per heavy atom. The molecule has 8 atom stereocenters. The highest BCUT2D eigenvalue weighted by atomic mass is 28.4. The van der Waals surface area contributed by atoms with Crippen LogP contribution in [0.2, 0.25) is 39.3 Å². The van der Waals surface area contributed by atoms with Gasteiger partial charge >= 0.3 is 0 Å². The van der Waals surface area contributed by atoms with Crippen molar-refractivity contribution >= 4 is 16.6 Å². The van der Waals surface area contributed by atoms with E-state index in [1.54, 1.807) is 0 Å². The molecule has 3 saturated carbocycles. The van der Waals surface area contributed by atoms with Gasteiger partial charge in [-0.3, -0.25) is 0 Å². The Kier molecular flexibility index (Phi) is 5.62. The van der Waals surface area contributed by atoms with Gasteiger partial charge in [0.05, 0.1) is 12.2 Å². The summed E-state index contributed by atoms with van der Waals surface area (Å²) in [6, 6.07) is 0. The van der Waals surface area contributed by atoms with Gasteiger partial charge in [-0.05, 0) is 119 Å².